The Kier molecular flexibility index (Phi) is 15.3. The minimum Gasteiger partial charge on any atom is -0.463 e. The predicted octanol–water partition coefficient (Wildman–Crippen LogP) is -1.90. The SMILES string of the molecule is CC(=O)N[C@H]1[C@@H](OC[C@H](OC(C)=O)[C@H]2O[C@H](O)[C@@H](OC(C)=O)[C@@H](OC(C)=O)[C@@H]2OC(C)=O)O[C@H](COC(C)=O)[C@@H](OC(C)=O)[C@@H]1OC(C)=O. The van der Waals surface area contributed by atoms with Crippen LogP contribution in [0.25, 0.3) is 0 Å². The zero-order valence-corrected chi connectivity index (χ0v) is 28.1. The summed E-state index contributed by atoms with van der Waals surface area (Å²) in [6, 6.07) is -1.42. The third kappa shape index (κ3) is 12.5. The van der Waals surface area contributed by atoms with Crippen LogP contribution in [0.1, 0.15) is 55.4 Å². The van der Waals surface area contributed by atoms with Gasteiger partial charge in [-0.15, -0.1) is 0 Å². The zero-order valence-electron chi connectivity index (χ0n) is 28.1. The van der Waals surface area contributed by atoms with E-state index in [1.54, 1.807) is 0 Å². The van der Waals surface area contributed by atoms with Crippen molar-refractivity contribution in [3.05, 3.63) is 0 Å². The molecular weight excluding hydrogens is 666 g/mol. The lowest BCUT2D eigenvalue weighted by Gasteiger charge is -2.46. The number of aliphatic hydroxyl groups excluding tert-OH is 1. The Morgan fingerprint density at radius 2 is 1.10 bits per heavy atom. The van der Waals surface area contributed by atoms with Crippen LogP contribution in [0.15, 0.2) is 0 Å². The molecule has 0 saturated carbocycles. The van der Waals surface area contributed by atoms with Crippen LogP contribution < -0.4 is 5.32 Å². The highest BCUT2D eigenvalue weighted by molar-refractivity contribution is 5.74. The highest BCUT2D eigenvalue weighted by atomic mass is 16.7. The molecule has 2 saturated heterocycles. The standard InChI is InChI=1S/C29H41NO19/c1-11(31)30-21-24(44-15(5)35)22(43-14(4)34)20(9-40-12(2)32)48-29(21)41-10-19(42-13(3)33)23-25(45-16(6)36)26(46-17(7)37)27(28(39)49-23)47-18(8)38/h19-29,39H,9-10H2,1-8H3,(H,30,31)/t19-,20+,21+,22+,23+,24+,25+,26-,27-,28-,29-/m0/s1. The molecular formula is C29H41NO19. The van der Waals surface area contributed by atoms with Crippen molar-refractivity contribution >= 4 is 47.7 Å². The number of carbonyl (C=O) groups excluding carboxylic acids is 8. The summed E-state index contributed by atoms with van der Waals surface area (Å²) in [5, 5.41) is 13.3. The zero-order chi connectivity index (χ0) is 37.2. The van der Waals surface area contributed by atoms with E-state index in [9.17, 15) is 43.5 Å². The van der Waals surface area contributed by atoms with Gasteiger partial charge in [-0.05, 0) is 0 Å². The predicted molar refractivity (Wildman–Crippen MR) is 153 cm³/mol. The lowest BCUT2D eigenvalue weighted by atomic mass is 9.94. The summed E-state index contributed by atoms with van der Waals surface area (Å²) >= 11 is 0. The van der Waals surface area contributed by atoms with Crippen molar-refractivity contribution in [3.8, 4) is 0 Å². The van der Waals surface area contributed by atoms with Crippen molar-refractivity contribution in [1.82, 2.24) is 5.32 Å². The number of carbonyl (C=O) groups is 8. The van der Waals surface area contributed by atoms with Crippen molar-refractivity contribution in [3.63, 3.8) is 0 Å². The van der Waals surface area contributed by atoms with Crippen molar-refractivity contribution in [2.45, 2.75) is 123 Å². The Morgan fingerprint density at radius 3 is 1.59 bits per heavy atom. The van der Waals surface area contributed by atoms with Gasteiger partial charge in [0, 0.05) is 55.4 Å². The number of nitrogens with one attached hydrogen (secondary N) is 1. The summed E-state index contributed by atoms with van der Waals surface area (Å²) in [6.07, 6.45) is -16.3. The number of ether oxygens (including phenoxy) is 10. The topological polar surface area (TPSA) is 261 Å². The van der Waals surface area contributed by atoms with Crippen LogP contribution in [0.4, 0.5) is 0 Å². The van der Waals surface area contributed by atoms with Crippen LogP contribution in [-0.2, 0) is 85.7 Å². The van der Waals surface area contributed by atoms with Gasteiger partial charge < -0.3 is 57.8 Å². The summed E-state index contributed by atoms with van der Waals surface area (Å²) in [4.78, 5) is 96.3. The molecule has 11 atom stereocenters. The van der Waals surface area contributed by atoms with Crippen molar-refractivity contribution in [1.29, 1.82) is 0 Å². The van der Waals surface area contributed by atoms with Gasteiger partial charge in [-0.3, -0.25) is 38.4 Å². The summed E-state index contributed by atoms with van der Waals surface area (Å²) < 4.78 is 54.4. The maximum atomic E-state index is 12.3. The van der Waals surface area contributed by atoms with Crippen molar-refractivity contribution < 1.29 is 90.8 Å². The van der Waals surface area contributed by atoms with Gasteiger partial charge in [0.1, 0.15) is 24.9 Å². The first-order chi connectivity index (χ1) is 22.8. The fraction of sp³-hybridized carbons (Fsp3) is 0.724. The Balaban J connectivity index is 2.58. The molecule has 2 rings (SSSR count). The van der Waals surface area contributed by atoms with E-state index in [1.807, 2.05) is 0 Å². The Bertz CT molecular complexity index is 1250. The monoisotopic (exact) mass is 707 g/mol. The summed E-state index contributed by atoms with van der Waals surface area (Å²) in [7, 11) is 0. The maximum absolute atomic E-state index is 12.3. The first-order valence-corrected chi connectivity index (χ1v) is 14.8. The number of hydrogen-bond acceptors (Lipinski definition) is 19. The van der Waals surface area contributed by atoms with Crippen LogP contribution >= 0.6 is 0 Å². The molecule has 2 heterocycles. The van der Waals surface area contributed by atoms with E-state index in [0.29, 0.717) is 0 Å². The first-order valence-electron chi connectivity index (χ1n) is 14.8. The molecule has 0 aromatic heterocycles. The molecule has 0 aliphatic carbocycles. The Labute approximate surface area is 280 Å². The number of hydrogen-bond donors (Lipinski definition) is 2. The fourth-order valence-corrected chi connectivity index (χ4v) is 5.15. The van der Waals surface area contributed by atoms with Gasteiger partial charge in [0.15, 0.2) is 49.2 Å². The van der Waals surface area contributed by atoms with E-state index < -0.39 is 128 Å². The van der Waals surface area contributed by atoms with E-state index in [1.165, 1.54) is 0 Å². The Hall–Kier alpha value is -4.40. The second-order valence-corrected chi connectivity index (χ2v) is 10.9. The largest absolute Gasteiger partial charge is 0.463 e. The van der Waals surface area contributed by atoms with Gasteiger partial charge in [0.25, 0.3) is 0 Å². The molecule has 20 heteroatoms. The minimum atomic E-state index is -2.02. The van der Waals surface area contributed by atoms with Crippen LogP contribution in [0, 0.1) is 0 Å². The van der Waals surface area contributed by atoms with Crippen molar-refractivity contribution in [2.75, 3.05) is 13.2 Å². The smallest absolute Gasteiger partial charge is 0.303 e. The molecule has 2 fully saturated rings. The molecule has 2 N–H and O–H groups in total. The molecule has 0 aromatic rings. The van der Waals surface area contributed by atoms with Crippen LogP contribution in [-0.4, -0.2) is 133 Å². The van der Waals surface area contributed by atoms with Gasteiger partial charge in [-0.1, -0.05) is 0 Å². The van der Waals surface area contributed by atoms with Gasteiger partial charge in [0.05, 0.1) is 6.61 Å². The first kappa shape index (κ1) is 40.8. The van der Waals surface area contributed by atoms with E-state index in [2.05, 4.69) is 5.32 Å². The summed E-state index contributed by atoms with van der Waals surface area (Å²) in [5.74, 6) is -6.84. The number of esters is 7. The second kappa shape index (κ2) is 18.4. The quantitative estimate of drug-likeness (QED) is 0.156. The molecule has 2 aliphatic rings. The summed E-state index contributed by atoms with van der Waals surface area (Å²) in [5.41, 5.74) is 0. The van der Waals surface area contributed by atoms with Crippen LogP contribution in [0.5, 0.6) is 0 Å². The van der Waals surface area contributed by atoms with Gasteiger partial charge >= 0.3 is 41.8 Å². The molecule has 0 spiro atoms. The molecule has 20 nitrogen and oxygen atoms in total. The molecule has 0 aromatic carbocycles. The lowest BCUT2D eigenvalue weighted by molar-refractivity contribution is -0.315. The minimum absolute atomic E-state index is 0.543. The van der Waals surface area contributed by atoms with E-state index in [-0.39, 0.29) is 0 Å². The van der Waals surface area contributed by atoms with Gasteiger partial charge in [0.2, 0.25) is 5.91 Å². The van der Waals surface area contributed by atoms with Crippen LogP contribution in [0.2, 0.25) is 0 Å². The van der Waals surface area contributed by atoms with E-state index in [0.717, 1.165) is 55.4 Å². The average molecular weight is 708 g/mol. The second-order valence-electron chi connectivity index (χ2n) is 10.9. The van der Waals surface area contributed by atoms with Gasteiger partial charge in [-0.2, -0.15) is 0 Å². The molecule has 0 unspecified atom stereocenters. The van der Waals surface area contributed by atoms with E-state index >= 15 is 0 Å². The van der Waals surface area contributed by atoms with Crippen LogP contribution in [0.3, 0.4) is 0 Å². The highest BCUT2D eigenvalue weighted by Gasteiger charge is 2.56. The normalized spacial score (nSPS) is 30.0. The highest BCUT2D eigenvalue weighted by Crippen LogP contribution is 2.32. The fourth-order valence-electron chi connectivity index (χ4n) is 5.15. The van der Waals surface area contributed by atoms with Gasteiger partial charge in [-0.25, -0.2) is 0 Å². The number of rotatable bonds is 13. The lowest BCUT2D eigenvalue weighted by Crippen LogP contribution is -2.67. The molecule has 49 heavy (non-hydrogen) atoms. The number of aliphatic hydroxyl groups is 1. The average Bonchev–Trinajstić information content (AvgIpc) is 2.94. The number of amides is 1. The van der Waals surface area contributed by atoms with E-state index in [4.69, 9.17) is 47.4 Å². The summed E-state index contributed by atoms with van der Waals surface area (Å²) in [6.45, 7) is 7.02. The molecule has 0 radical (unpaired) electrons. The third-order valence-electron chi connectivity index (χ3n) is 6.63. The molecule has 0 bridgehead atoms. The molecule has 276 valence electrons. The van der Waals surface area contributed by atoms with Crippen molar-refractivity contribution in [2.24, 2.45) is 0 Å². The molecule has 2 aliphatic heterocycles. The Morgan fingerprint density at radius 1 is 0.612 bits per heavy atom. The maximum Gasteiger partial charge on any atom is 0.303 e. The third-order valence-corrected chi connectivity index (χ3v) is 6.63. The molecule has 1 amide bonds.